The summed E-state index contributed by atoms with van der Waals surface area (Å²) >= 11 is 0. The van der Waals surface area contributed by atoms with Crippen molar-refractivity contribution in [3.8, 4) is 0 Å². The van der Waals surface area contributed by atoms with Crippen molar-refractivity contribution in [1.29, 1.82) is 0 Å². The van der Waals surface area contributed by atoms with Gasteiger partial charge < -0.3 is 14.8 Å². The first-order chi connectivity index (χ1) is 21.0. The molecule has 1 saturated heterocycles. The Morgan fingerprint density at radius 3 is 2.22 bits per heavy atom. The number of pyridine rings is 1. The van der Waals surface area contributed by atoms with Crippen LogP contribution in [0.2, 0.25) is 0 Å². The van der Waals surface area contributed by atoms with Gasteiger partial charge in [-0.2, -0.15) is 0 Å². The molecule has 2 fully saturated rings. The van der Waals surface area contributed by atoms with Gasteiger partial charge in [0.05, 0.1) is 12.6 Å². The van der Waals surface area contributed by atoms with Crippen molar-refractivity contribution in [2.75, 3.05) is 18.6 Å². The van der Waals surface area contributed by atoms with Crippen molar-refractivity contribution < 1.29 is 32.6 Å². The van der Waals surface area contributed by atoms with Gasteiger partial charge in [0, 0.05) is 56.1 Å². The first-order valence-corrected chi connectivity index (χ1v) is 15.5. The molecule has 9 nitrogen and oxygen atoms in total. The number of amides is 3. The number of ether oxygens (including phenoxy) is 2. The number of halogens is 2. The number of carbonyl (C=O) groups is 3. The monoisotopic (exact) mass is 628 g/mol. The molecule has 2 aromatic rings. The molecule has 1 unspecified atom stereocenters. The molecule has 3 amide bonds. The molecule has 11 heteroatoms. The number of carbonyl (C=O) groups excluding carboxylic acids is 3. The normalized spacial score (nSPS) is 21.2. The van der Waals surface area contributed by atoms with Crippen LogP contribution in [0, 0.1) is 0 Å². The number of hydrogen-bond donors (Lipinski definition) is 1. The maximum Gasteiger partial charge on any atom is 0.411 e. The SMILES string of the molecule is CO[C@@H]1C[C@H](C(=O)N(c2ccc(C(C)(C)C)cc2)C(C(=O)NC2CCC(F)(F)CC2)c2cccnc2)N(C(=O)OC(C)(C)C)C1. The molecule has 2 heterocycles. The summed E-state index contributed by atoms with van der Waals surface area (Å²) < 4.78 is 39.1. The summed E-state index contributed by atoms with van der Waals surface area (Å²) in [4.78, 5) is 49.3. The van der Waals surface area contributed by atoms with Crippen LogP contribution in [0.1, 0.15) is 90.8 Å². The number of nitrogens with zero attached hydrogens (tertiary/aromatic N) is 3. The molecule has 0 bridgehead atoms. The zero-order chi connectivity index (χ0) is 33.2. The molecule has 1 aromatic heterocycles. The lowest BCUT2D eigenvalue weighted by molar-refractivity contribution is -0.129. The Hall–Kier alpha value is -3.60. The Morgan fingerprint density at radius 1 is 1.04 bits per heavy atom. The van der Waals surface area contributed by atoms with E-state index in [-0.39, 0.29) is 44.1 Å². The lowest BCUT2D eigenvalue weighted by Crippen LogP contribution is -2.54. The minimum atomic E-state index is -2.76. The molecule has 0 spiro atoms. The van der Waals surface area contributed by atoms with Crippen LogP contribution in [0.3, 0.4) is 0 Å². The van der Waals surface area contributed by atoms with E-state index in [0.717, 1.165) is 5.56 Å². The largest absolute Gasteiger partial charge is 0.444 e. The van der Waals surface area contributed by atoms with Crippen molar-refractivity contribution in [2.45, 2.75) is 115 Å². The molecular formula is C34H46F2N4O5. The van der Waals surface area contributed by atoms with E-state index >= 15 is 0 Å². The number of methoxy groups -OCH3 is 1. The Balaban J connectivity index is 1.79. The highest BCUT2D eigenvalue weighted by atomic mass is 19.3. The van der Waals surface area contributed by atoms with E-state index in [1.54, 1.807) is 51.2 Å². The molecule has 4 rings (SSSR count). The van der Waals surface area contributed by atoms with Crippen molar-refractivity contribution in [3.05, 3.63) is 59.9 Å². The van der Waals surface area contributed by atoms with E-state index in [4.69, 9.17) is 9.47 Å². The Bertz CT molecular complexity index is 1330. The number of nitrogens with one attached hydrogen (secondary N) is 1. The van der Waals surface area contributed by atoms with Crippen LogP contribution in [-0.2, 0) is 24.5 Å². The van der Waals surface area contributed by atoms with Gasteiger partial charge >= 0.3 is 6.09 Å². The molecule has 0 radical (unpaired) electrons. The Labute approximate surface area is 264 Å². The molecule has 1 aliphatic carbocycles. The molecule has 1 aromatic carbocycles. The molecular weight excluding hydrogens is 582 g/mol. The second-order valence-electron chi connectivity index (χ2n) is 14.1. The van der Waals surface area contributed by atoms with Crippen LogP contribution in [0.5, 0.6) is 0 Å². The second kappa shape index (κ2) is 13.4. The summed E-state index contributed by atoms with van der Waals surface area (Å²) in [5.41, 5.74) is 0.945. The van der Waals surface area contributed by atoms with Crippen molar-refractivity contribution >= 4 is 23.6 Å². The lowest BCUT2D eigenvalue weighted by atomic mass is 9.87. The highest BCUT2D eigenvalue weighted by Crippen LogP contribution is 2.36. The molecule has 1 saturated carbocycles. The van der Waals surface area contributed by atoms with Gasteiger partial charge in [-0.3, -0.25) is 24.4 Å². The van der Waals surface area contributed by atoms with Crippen LogP contribution < -0.4 is 10.2 Å². The number of rotatable bonds is 7. The lowest BCUT2D eigenvalue weighted by Gasteiger charge is -2.37. The molecule has 246 valence electrons. The molecule has 3 atom stereocenters. The predicted molar refractivity (Wildman–Crippen MR) is 167 cm³/mol. The topological polar surface area (TPSA) is 101 Å². The van der Waals surface area contributed by atoms with E-state index in [2.05, 4.69) is 31.1 Å². The first kappa shape index (κ1) is 34.3. The van der Waals surface area contributed by atoms with Gasteiger partial charge in [0.25, 0.3) is 5.91 Å². The Kier molecular flexibility index (Phi) is 10.2. The zero-order valence-corrected chi connectivity index (χ0v) is 27.3. The zero-order valence-electron chi connectivity index (χ0n) is 27.3. The van der Waals surface area contributed by atoms with Crippen molar-refractivity contribution in [2.24, 2.45) is 0 Å². The van der Waals surface area contributed by atoms with Crippen LogP contribution in [-0.4, -0.2) is 71.2 Å². The van der Waals surface area contributed by atoms with Crippen LogP contribution in [0.4, 0.5) is 19.3 Å². The molecule has 1 aliphatic heterocycles. The number of likely N-dealkylation sites (tertiary alicyclic amines) is 1. The fraction of sp³-hybridized carbons (Fsp3) is 0.588. The number of benzene rings is 1. The van der Waals surface area contributed by atoms with E-state index in [0.29, 0.717) is 11.3 Å². The Morgan fingerprint density at radius 2 is 1.69 bits per heavy atom. The number of aromatic nitrogens is 1. The number of alkyl halides is 2. The van der Waals surface area contributed by atoms with Crippen LogP contribution in [0.15, 0.2) is 48.8 Å². The van der Waals surface area contributed by atoms with Gasteiger partial charge in [0.1, 0.15) is 17.7 Å². The van der Waals surface area contributed by atoms with Gasteiger partial charge in [-0.15, -0.1) is 0 Å². The van der Waals surface area contributed by atoms with Crippen LogP contribution >= 0.6 is 0 Å². The van der Waals surface area contributed by atoms with Crippen molar-refractivity contribution in [3.63, 3.8) is 0 Å². The standard InChI is InChI=1S/C34H46F2N4O5/c1-32(2,3)23-10-12-25(13-11-23)40(30(42)27-19-26(44-7)21-39(27)31(43)45-33(4,5)6)28(22-9-8-18-37-20-22)29(41)38-24-14-16-34(35,36)17-15-24/h8-13,18,20,24,26-28H,14-17,19,21H2,1-7H3,(H,38,41)/t26-,27-,28?/m1/s1. The minimum Gasteiger partial charge on any atom is -0.444 e. The summed E-state index contributed by atoms with van der Waals surface area (Å²) in [5, 5.41) is 2.95. The number of anilines is 1. The van der Waals surface area contributed by atoms with Crippen molar-refractivity contribution in [1.82, 2.24) is 15.2 Å². The highest BCUT2D eigenvalue weighted by Gasteiger charge is 2.47. The minimum absolute atomic E-state index is 0.122. The van der Waals surface area contributed by atoms with Gasteiger partial charge in [-0.05, 0) is 62.8 Å². The smallest absolute Gasteiger partial charge is 0.411 e. The maximum atomic E-state index is 14.8. The van der Waals surface area contributed by atoms with E-state index < -0.39 is 53.7 Å². The fourth-order valence-corrected chi connectivity index (χ4v) is 5.83. The van der Waals surface area contributed by atoms with E-state index in [9.17, 15) is 23.2 Å². The van der Waals surface area contributed by atoms with Gasteiger partial charge in [0.2, 0.25) is 11.8 Å². The van der Waals surface area contributed by atoms with E-state index in [1.165, 1.54) is 23.1 Å². The molecule has 2 aliphatic rings. The summed E-state index contributed by atoms with van der Waals surface area (Å²) in [7, 11) is 1.52. The molecule has 45 heavy (non-hydrogen) atoms. The average molecular weight is 629 g/mol. The third kappa shape index (κ3) is 8.56. The summed E-state index contributed by atoms with van der Waals surface area (Å²) in [6, 6.07) is 8.11. The highest BCUT2D eigenvalue weighted by molar-refractivity contribution is 6.05. The average Bonchev–Trinajstić information content (AvgIpc) is 3.41. The fourth-order valence-electron chi connectivity index (χ4n) is 5.83. The third-order valence-electron chi connectivity index (χ3n) is 8.33. The molecule has 1 N–H and O–H groups in total. The predicted octanol–water partition coefficient (Wildman–Crippen LogP) is 6.17. The van der Waals surface area contributed by atoms with Gasteiger partial charge in [0.15, 0.2) is 0 Å². The maximum absolute atomic E-state index is 14.8. The quantitative estimate of drug-likeness (QED) is 0.394. The third-order valence-corrected chi connectivity index (χ3v) is 8.33. The van der Waals surface area contributed by atoms with Gasteiger partial charge in [-0.25, -0.2) is 13.6 Å². The summed E-state index contributed by atoms with van der Waals surface area (Å²) in [6.07, 6.45) is 1.80. The number of hydrogen-bond acceptors (Lipinski definition) is 6. The summed E-state index contributed by atoms with van der Waals surface area (Å²) in [6.45, 7) is 11.6. The summed E-state index contributed by atoms with van der Waals surface area (Å²) in [5.74, 6) is -3.77. The van der Waals surface area contributed by atoms with E-state index in [1.807, 2.05) is 12.1 Å². The second-order valence-corrected chi connectivity index (χ2v) is 14.1. The van der Waals surface area contributed by atoms with Gasteiger partial charge in [-0.1, -0.05) is 39.0 Å². The van der Waals surface area contributed by atoms with Crippen LogP contribution in [0.25, 0.3) is 0 Å². The first-order valence-electron chi connectivity index (χ1n) is 15.5.